The predicted octanol–water partition coefficient (Wildman–Crippen LogP) is 4.10. The molecule has 0 saturated carbocycles. The van der Waals surface area contributed by atoms with Crippen molar-refractivity contribution in [3.8, 4) is 6.07 Å². The number of anilines is 2. The summed E-state index contributed by atoms with van der Waals surface area (Å²) in [6.07, 6.45) is 1.85. The summed E-state index contributed by atoms with van der Waals surface area (Å²) < 4.78 is 0. The zero-order valence-electron chi connectivity index (χ0n) is 20.2. The van der Waals surface area contributed by atoms with E-state index in [0.717, 1.165) is 44.5 Å². The summed E-state index contributed by atoms with van der Waals surface area (Å²) in [5.74, 6) is -0.673. The summed E-state index contributed by atoms with van der Waals surface area (Å²) in [7, 11) is 0. The minimum Gasteiger partial charge on any atom is -0.368 e. The molecule has 1 aliphatic heterocycles. The van der Waals surface area contributed by atoms with Crippen molar-refractivity contribution >= 4 is 28.4 Å². The van der Waals surface area contributed by atoms with Gasteiger partial charge in [-0.2, -0.15) is 5.26 Å². The van der Waals surface area contributed by atoms with Gasteiger partial charge in [-0.15, -0.1) is 0 Å². The molecule has 7 heteroatoms. The molecule has 1 fully saturated rings. The van der Waals surface area contributed by atoms with Gasteiger partial charge >= 0.3 is 0 Å². The molecule has 3 aromatic rings. The second-order valence-electron chi connectivity index (χ2n) is 8.82. The SMILES string of the molecule is CCCCNC(=O)[C@@H](C#N)c1nc2ccccc2nc1N1CCN(c2cccc(C)c2C)CC1. The summed E-state index contributed by atoms with van der Waals surface area (Å²) in [6.45, 7) is 10.1. The maximum absolute atomic E-state index is 12.9. The molecule has 0 bridgehead atoms. The monoisotopic (exact) mass is 456 g/mol. The van der Waals surface area contributed by atoms with Crippen LogP contribution in [0.15, 0.2) is 42.5 Å². The number of nitrogens with zero attached hydrogens (tertiary/aromatic N) is 5. The van der Waals surface area contributed by atoms with Crippen molar-refractivity contribution < 1.29 is 4.79 Å². The standard InChI is InChI=1S/C27H32N6O/c1-4-5-13-29-27(34)21(18-28)25-26(31-23-11-7-6-10-22(23)30-25)33-16-14-32(15-17-33)24-12-8-9-19(2)20(24)3/h6-12,21H,4-5,13-17H2,1-3H3,(H,29,34)/t21-/m0/s1. The Hall–Kier alpha value is -3.66. The van der Waals surface area contributed by atoms with Crippen LogP contribution in [0.3, 0.4) is 0 Å². The number of unbranched alkanes of at least 4 members (excludes halogenated alkanes) is 1. The molecule has 0 spiro atoms. The Bertz CT molecular complexity index is 1210. The lowest BCUT2D eigenvalue weighted by Crippen LogP contribution is -2.47. The quantitative estimate of drug-likeness (QED) is 0.539. The molecule has 1 atom stereocenters. The molecule has 0 aliphatic carbocycles. The zero-order valence-corrected chi connectivity index (χ0v) is 20.2. The number of piperazine rings is 1. The van der Waals surface area contributed by atoms with Gasteiger partial charge in [-0.3, -0.25) is 4.79 Å². The summed E-state index contributed by atoms with van der Waals surface area (Å²) in [4.78, 5) is 27.1. The fourth-order valence-corrected chi connectivity index (χ4v) is 4.40. The van der Waals surface area contributed by atoms with Crippen LogP contribution in [0.4, 0.5) is 11.5 Å². The Kier molecular flexibility index (Phi) is 7.27. The van der Waals surface area contributed by atoms with E-state index in [1.807, 2.05) is 24.3 Å². The lowest BCUT2D eigenvalue weighted by atomic mass is 10.0. The van der Waals surface area contributed by atoms with Crippen LogP contribution in [0.1, 0.15) is 42.5 Å². The topological polar surface area (TPSA) is 85.1 Å². The van der Waals surface area contributed by atoms with Crippen molar-refractivity contribution in [2.24, 2.45) is 0 Å². The summed E-state index contributed by atoms with van der Waals surface area (Å²) in [6, 6.07) is 16.2. The molecule has 2 aromatic carbocycles. The maximum Gasteiger partial charge on any atom is 0.243 e. The molecular weight excluding hydrogens is 424 g/mol. The van der Waals surface area contributed by atoms with Crippen LogP contribution in [0.5, 0.6) is 0 Å². The number of nitriles is 1. The van der Waals surface area contributed by atoms with E-state index in [4.69, 9.17) is 9.97 Å². The first kappa shape index (κ1) is 23.5. The smallest absolute Gasteiger partial charge is 0.243 e. The summed E-state index contributed by atoms with van der Waals surface area (Å²) in [5, 5.41) is 12.8. The molecule has 7 nitrogen and oxygen atoms in total. The highest BCUT2D eigenvalue weighted by Gasteiger charge is 2.30. The average Bonchev–Trinajstić information content (AvgIpc) is 2.86. The number of aryl methyl sites for hydroxylation is 1. The van der Waals surface area contributed by atoms with E-state index < -0.39 is 5.92 Å². The van der Waals surface area contributed by atoms with E-state index in [1.165, 1.54) is 16.8 Å². The van der Waals surface area contributed by atoms with Crippen LogP contribution >= 0.6 is 0 Å². The van der Waals surface area contributed by atoms with Gasteiger partial charge in [-0.1, -0.05) is 37.6 Å². The fourth-order valence-electron chi connectivity index (χ4n) is 4.40. The summed E-state index contributed by atoms with van der Waals surface area (Å²) in [5.41, 5.74) is 5.74. The number of rotatable bonds is 7. The third kappa shape index (κ3) is 4.81. The molecule has 0 radical (unpaired) electrons. The number of nitrogens with one attached hydrogen (secondary N) is 1. The zero-order chi connectivity index (χ0) is 24.1. The molecule has 4 rings (SSSR count). The van der Waals surface area contributed by atoms with Crippen molar-refractivity contribution in [2.45, 2.75) is 39.5 Å². The number of carbonyl (C=O) groups is 1. The van der Waals surface area contributed by atoms with Gasteiger partial charge in [-0.05, 0) is 49.6 Å². The largest absolute Gasteiger partial charge is 0.368 e. The Morgan fingerprint density at radius 1 is 1.03 bits per heavy atom. The molecule has 1 aromatic heterocycles. The van der Waals surface area contributed by atoms with Crippen molar-refractivity contribution in [1.29, 1.82) is 5.26 Å². The predicted molar refractivity (Wildman–Crippen MR) is 136 cm³/mol. The van der Waals surface area contributed by atoms with Crippen LogP contribution in [-0.2, 0) is 4.79 Å². The normalized spacial score (nSPS) is 14.6. The van der Waals surface area contributed by atoms with E-state index in [1.54, 1.807) is 0 Å². The number of para-hydroxylation sites is 2. The van der Waals surface area contributed by atoms with Gasteiger partial charge in [0.1, 0.15) is 5.69 Å². The Labute approximate surface area is 201 Å². The van der Waals surface area contributed by atoms with Crippen molar-refractivity contribution in [3.63, 3.8) is 0 Å². The number of fused-ring (bicyclic) bond motifs is 1. The molecule has 1 aliphatic rings. The van der Waals surface area contributed by atoms with E-state index in [-0.39, 0.29) is 5.91 Å². The Morgan fingerprint density at radius 2 is 1.71 bits per heavy atom. The fraction of sp³-hybridized carbons (Fsp3) is 0.407. The van der Waals surface area contributed by atoms with E-state index in [2.05, 4.69) is 60.2 Å². The molecule has 2 heterocycles. The van der Waals surface area contributed by atoms with Gasteiger partial charge in [0.2, 0.25) is 5.91 Å². The first-order valence-corrected chi connectivity index (χ1v) is 12.0. The highest BCUT2D eigenvalue weighted by Crippen LogP contribution is 2.30. The number of hydrogen-bond acceptors (Lipinski definition) is 6. The molecule has 0 unspecified atom stereocenters. The van der Waals surface area contributed by atoms with E-state index >= 15 is 0 Å². The van der Waals surface area contributed by atoms with Crippen LogP contribution in [0, 0.1) is 25.2 Å². The maximum atomic E-state index is 12.9. The van der Waals surface area contributed by atoms with Gasteiger partial charge in [0.25, 0.3) is 0 Å². The van der Waals surface area contributed by atoms with E-state index in [0.29, 0.717) is 23.6 Å². The second kappa shape index (κ2) is 10.5. The molecule has 1 saturated heterocycles. The molecule has 176 valence electrons. The minimum absolute atomic E-state index is 0.309. The highest BCUT2D eigenvalue weighted by molar-refractivity contribution is 5.88. The average molecular weight is 457 g/mol. The van der Waals surface area contributed by atoms with E-state index in [9.17, 15) is 10.1 Å². The third-order valence-corrected chi connectivity index (χ3v) is 6.57. The first-order chi connectivity index (χ1) is 16.5. The second-order valence-corrected chi connectivity index (χ2v) is 8.82. The van der Waals surface area contributed by atoms with Crippen molar-refractivity contribution in [2.75, 3.05) is 42.5 Å². The summed E-state index contributed by atoms with van der Waals surface area (Å²) >= 11 is 0. The highest BCUT2D eigenvalue weighted by atomic mass is 16.1. The van der Waals surface area contributed by atoms with Crippen LogP contribution in [-0.4, -0.2) is 48.6 Å². The van der Waals surface area contributed by atoms with Gasteiger partial charge in [-0.25, -0.2) is 9.97 Å². The lowest BCUT2D eigenvalue weighted by Gasteiger charge is -2.38. The van der Waals surface area contributed by atoms with Crippen LogP contribution in [0.25, 0.3) is 11.0 Å². The molecule has 1 N–H and O–H groups in total. The number of benzene rings is 2. The Morgan fingerprint density at radius 3 is 2.38 bits per heavy atom. The number of aromatic nitrogens is 2. The molecule has 34 heavy (non-hydrogen) atoms. The third-order valence-electron chi connectivity index (χ3n) is 6.57. The number of carbonyl (C=O) groups excluding carboxylic acids is 1. The molecular formula is C27H32N6O. The van der Waals surface area contributed by atoms with Gasteiger partial charge in [0.05, 0.1) is 17.1 Å². The van der Waals surface area contributed by atoms with Gasteiger partial charge in [0.15, 0.2) is 11.7 Å². The van der Waals surface area contributed by atoms with Crippen LogP contribution in [0.2, 0.25) is 0 Å². The first-order valence-electron chi connectivity index (χ1n) is 12.0. The van der Waals surface area contributed by atoms with Crippen LogP contribution < -0.4 is 15.1 Å². The minimum atomic E-state index is -0.999. The lowest BCUT2D eigenvalue weighted by molar-refractivity contribution is -0.121. The Balaban J connectivity index is 1.63. The van der Waals surface area contributed by atoms with Gasteiger partial charge in [0, 0.05) is 38.4 Å². The molecule has 1 amide bonds. The number of amides is 1. The van der Waals surface area contributed by atoms with Gasteiger partial charge < -0.3 is 15.1 Å². The van der Waals surface area contributed by atoms with Crippen molar-refractivity contribution in [1.82, 2.24) is 15.3 Å². The van der Waals surface area contributed by atoms with Crippen molar-refractivity contribution in [3.05, 3.63) is 59.3 Å². The number of hydrogen-bond donors (Lipinski definition) is 1.